The summed E-state index contributed by atoms with van der Waals surface area (Å²) in [5, 5.41) is 2.13. The van der Waals surface area contributed by atoms with Gasteiger partial charge in [-0.1, -0.05) is 0 Å². The number of hydrogen-bond donors (Lipinski definition) is 1. The van der Waals surface area contributed by atoms with Crippen LogP contribution in [0.4, 0.5) is 26.3 Å². The van der Waals surface area contributed by atoms with E-state index in [2.05, 4.69) is 10.1 Å². The number of carbonyl (C=O) groups excluding carboxylic acids is 3. The summed E-state index contributed by atoms with van der Waals surface area (Å²) in [7, 11) is 1.01. The largest absolute Gasteiger partial charge is 0.467 e. The number of methoxy groups -OCH3 is 1. The van der Waals surface area contributed by atoms with Crippen molar-refractivity contribution in [1.29, 1.82) is 0 Å². The summed E-state index contributed by atoms with van der Waals surface area (Å²) in [5.41, 5.74) is -4.22. The molecule has 1 N–H and O–H groups in total. The second kappa shape index (κ2) is 8.42. The predicted molar refractivity (Wildman–Crippen MR) is 86.7 cm³/mol. The highest BCUT2D eigenvalue weighted by Crippen LogP contribution is 2.36. The van der Waals surface area contributed by atoms with E-state index in [0.29, 0.717) is 19.3 Å². The third kappa shape index (κ3) is 5.70. The summed E-state index contributed by atoms with van der Waals surface area (Å²) in [6.45, 7) is 0. The molecule has 1 aromatic carbocycles. The van der Waals surface area contributed by atoms with Crippen LogP contribution in [0.3, 0.4) is 0 Å². The first kappa shape index (κ1) is 22.7. The molecule has 1 aliphatic rings. The van der Waals surface area contributed by atoms with Gasteiger partial charge in [-0.15, -0.1) is 0 Å². The molecular weight excluding hydrogens is 408 g/mol. The molecule has 2 atom stereocenters. The second-order valence-electron chi connectivity index (χ2n) is 6.66. The summed E-state index contributed by atoms with van der Waals surface area (Å²) >= 11 is 0. The molecule has 29 heavy (non-hydrogen) atoms. The van der Waals surface area contributed by atoms with Gasteiger partial charge >= 0.3 is 18.3 Å². The third-order valence-corrected chi connectivity index (χ3v) is 4.58. The molecule has 0 unspecified atom stereocenters. The van der Waals surface area contributed by atoms with Crippen molar-refractivity contribution in [2.24, 2.45) is 5.92 Å². The van der Waals surface area contributed by atoms with E-state index in [4.69, 9.17) is 0 Å². The van der Waals surface area contributed by atoms with Gasteiger partial charge in [0.15, 0.2) is 0 Å². The highest BCUT2D eigenvalue weighted by molar-refractivity contribution is 5.97. The maximum Gasteiger partial charge on any atom is 0.416 e. The first-order valence-corrected chi connectivity index (χ1v) is 8.52. The molecule has 1 amide bonds. The van der Waals surface area contributed by atoms with E-state index in [1.807, 2.05) is 0 Å². The van der Waals surface area contributed by atoms with Crippen LogP contribution in [-0.2, 0) is 26.7 Å². The van der Waals surface area contributed by atoms with Crippen molar-refractivity contribution >= 4 is 17.7 Å². The summed E-state index contributed by atoms with van der Waals surface area (Å²) in [6.07, 6.45) is -9.20. The summed E-state index contributed by atoms with van der Waals surface area (Å²) in [6, 6.07) is -0.940. The quantitative estimate of drug-likeness (QED) is 0.589. The van der Waals surface area contributed by atoms with Gasteiger partial charge in [-0.3, -0.25) is 9.59 Å². The molecule has 5 nitrogen and oxygen atoms in total. The van der Waals surface area contributed by atoms with Gasteiger partial charge in [0.1, 0.15) is 11.8 Å². The molecule has 160 valence electrons. The molecule has 0 bridgehead atoms. The van der Waals surface area contributed by atoms with Crippen LogP contribution in [0.1, 0.15) is 47.2 Å². The van der Waals surface area contributed by atoms with E-state index >= 15 is 0 Å². The molecule has 0 saturated heterocycles. The first-order chi connectivity index (χ1) is 13.3. The van der Waals surface area contributed by atoms with Crippen molar-refractivity contribution < 1.29 is 45.5 Å². The minimum atomic E-state index is -5.12. The van der Waals surface area contributed by atoms with Crippen LogP contribution in [0.25, 0.3) is 0 Å². The lowest BCUT2D eigenvalue weighted by atomic mass is 9.83. The number of esters is 1. The maximum atomic E-state index is 13.0. The van der Waals surface area contributed by atoms with Crippen molar-refractivity contribution in [3.63, 3.8) is 0 Å². The highest BCUT2D eigenvalue weighted by Gasteiger charge is 2.39. The number of benzene rings is 1. The number of hydrogen-bond acceptors (Lipinski definition) is 4. The number of Topliss-reactive ketones (excluding diaryl/α,β-unsaturated/α-hetero) is 1. The van der Waals surface area contributed by atoms with Crippen molar-refractivity contribution in [3.05, 3.63) is 34.9 Å². The molecule has 0 aliphatic heterocycles. The Hall–Kier alpha value is -2.59. The molecule has 1 aliphatic carbocycles. The molecular formula is C18H17F6NO4. The summed E-state index contributed by atoms with van der Waals surface area (Å²) < 4.78 is 82.4. The summed E-state index contributed by atoms with van der Waals surface area (Å²) in [5.74, 6) is -3.08. The van der Waals surface area contributed by atoms with Crippen LogP contribution in [0.5, 0.6) is 0 Å². The second-order valence-corrected chi connectivity index (χ2v) is 6.66. The molecule has 2 rings (SSSR count). The number of nitrogens with one attached hydrogen (secondary N) is 1. The van der Waals surface area contributed by atoms with E-state index in [9.17, 15) is 40.7 Å². The minimum absolute atomic E-state index is 0.0591. The standard InChI is InChI=1S/C18H17F6NO4/c1-29-16(28)14(9-3-2-4-13(26)7-9)25-15(27)10-5-11(17(19,20)21)8-12(6-10)18(22,23)24/h5-6,8-9,14H,2-4,7H2,1H3,(H,25,27)/t9-,14+/m1/s1. The van der Waals surface area contributed by atoms with Crippen LogP contribution in [-0.4, -0.2) is 30.8 Å². The van der Waals surface area contributed by atoms with Crippen molar-refractivity contribution in [2.45, 2.75) is 44.1 Å². The minimum Gasteiger partial charge on any atom is -0.467 e. The Morgan fingerprint density at radius 3 is 2.07 bits per heavy atom. The highest BCUT2D eigenvalue weighted by atomic mass is 19.4. The van der Waals surface area contributed by atoms with Gasteiger partial charge in [0.05, 0.1) is 18.2 Å². The van der Waals surface area contributed by atoms with Crippen LogP contribution < -0.4 is 5.32 Å². The number of amides is 1. The number of ketones is 1. The predicted octanol–water partition coefficient (Wildman–Crippen LogP) is 3.75. The average Bonchev–Trinajstić information content (AvgIpc) is 2.63. The number of ether oxygens (including phenoxy) is 1. The van der Waals surface area contributed by atoms with Gasteiger partial charge in [0, 0.05) is 18.4 Å². The lowest BCUT2D eigenvalue weighted by Crippen LogP contribution is -2.48. The molecule has 0 spiro atoms. The first-order valence-electron chi connectivity index (χ1n) is 8.52. The Morgan fingerprint density at radius 2 is 1.62 bits per heavy atom. The molecule has 0 aromatic heterocycles. The topological polar surface area (TPSA) is 72.5 Å². The van der Waals surface area contributed by atoms with Gasteiger partial charge in [-0.25, -0.2) is 4.79 Å². The number of halogens is 6. The zero-order valence-electron chi connectivity index (χ0n) is 15.1. The monoisotopic (exact) mass is 425 g/mol. The van der Waals surface area contributed by atoms with Gasteiger partial charge in [0.25, 0.3) is 5.91 Å². The van der Waals surface area contributed by atoms with E-state index < -0.39 is 52.9 Å². The molecule has 1 saturated carbocycles. The summed E-state index contributed by atoms with van der Waals surface area (Å²) in [4.78, 5) is 36.1. The van der Waals surface area contributed by atoms with Crippen molar-refractivity contribution in [3.8, 4) is 0 Å². The molecule has 11 heteroatoms. The molecule has 0 heterocycles. The van der Waals surface area contributed by atoms with Gasteiger partial charge in [-0.05, 0) is 37.0 Å². The number of rotatable bonds is 4. The van der Waals surface area contributed by atoms with Crippen LogP contribution in [0, 0.1) is 5.92 Å². The fourth-order valence-corrected chi connectivity index (χ4v) is 3.15. The van der Waals surface area contributed by atoms with Crippen LogP contribution in [0.15, 0.2) is 18.2 Å². The normalized spacial score (nSPS) is 18.9. The SMILES string of the molecule is COC(=O)[C@@H](NC(=O)c1cc(C(F)(F)F)cc(C(F)(F)F)c1)[C@@H]1CCCC(=O)C1. The van der Waals surface area contributed by atoms with Crippen molar-refractivity contribution in [1.82, 2.24) is 5.32 Å². The Morgan fingerprint density at radius 1 is 1.07 bits per heavy atom. The molecule has 1 aromatic rings. The zero-order chi connectivity index (χ0) is 22.0. The van der Waals surface area contributed by atoms with E-state index in [0.717, 1.165) is 7.11 Å². The molecule has 1 fully saturated rings. The Labute approximate surface area is 161 Å². The van der Waals surface area contributed by atoms with Crippen molar-refractivity contribution in [2.75, 3.05) is 7.11 Å². The van der Waals surface area contributed by atoms with E-state index in [1.165, 1.54) is 0 Å². The number of alkyl halides is 6. The fraction of sp³-hybridized carbons (Fsp3) is 0.500. The fourth-order valence-electron chi connectivity index (χ4n) is 3.15. The maximum absolute atomic E-state index is 13.0. The smallest absolute Gasteiger partial charge is 0.416 e. The lowest BCUT2D eigenvalue weighted by Gasteiger charge is -2.28. The van der Waals surface area contributed by atoms with E-state index in [1.54, 1.807) is 0 Å². The van der Waals surface area contributed by atoms with Gasteiger partial charge < -0.3 is 10.1 Å². The Balaban J connectivity index is 2.38. The average molecular weight is 425 g/mol. The number of carbonyl (C=O) groups is 3. The van der Waals surface area contributed by atoms with Crippen LogP contribution in [0.2, 0.25) is 0 Å². The Bertz CT molecular complexity index is 770. The van der Waals surface area contributed by atoms with Gasteiger partial charge in [0.2, 0.25) is 0 Å². The zero-order valence-corrected chi connectivity index (χ0v) is 15.1. The molecule has 0 radical (unpaired) electrons. The van der Waals surface area contributed by atoms with E-state index in [-0.39, 0.29) is 30.4 Å². The lowest BCUT2D eigenvalue weighted by molar-refractivity contribution is -0.145. The third-order valence-electron chi connectivity index (χ3n) is 4.58. The van der Waals surface area contributed by atoms with Gasteiger partial charge in [-0.2, -0.15) is 26.3 Å². The van der Waals surface area contributed by atoms with Crippen LogP contribution >= 0.6 is 0 Å². The Kier molecular flexibility index (Phi) is 6.59.